The summed E-state index contributed by atoms with van der Waals surface area (Å²) in [6, 6.07) is 5.14. The summed E-state index contributed by atoms with van der Waals surface area (Å²) in [7, 11) is 0. The van der Waals surface area contributed by atoms with Gasteiger partial charge in [0.05, 0.1) is 29.2 Å². The number of halogens is 5. The molecule has 132 valence electrons. The van der Waals surface area contributed by atoms with Gasteiger partial charge in [-0.2, -0.15) is 18.4 Å². The second-order valence-corrected chi connectivity index (χ2v) is 5.59. The Morgan fingerprint density at radius 2 is 2.04 bits per heavy atom. The van der Waals surface area contributed by atoms with E-state index in [1.807, 2.05) is 6.07 Å². The number of ether oxygens (including phenoxy) is 1. The van der Waals surface area contributed by atoms with E-state index in [1.165, 1.54) is 6.07 Å². The summed E-state index contributed by atoms with van der Waals surface area (Å²) in [6.07, 6.45) is -3.70. The molecule has 0 saturated carbocycles. The van der Waals surface area contributed by atoms with Crippen molar-refractivity contribution < 1.29 is 22.3 Å². The first kappa shape index (κ1) is 19.0. The molecule has 0 N–H and O–H groups in total. The summed E-state index contributed by atoms with van der Waals surface area (Å²) in [5, 5.41) is 8.89. The Kier molecular flexibility index (Phi) is 5.53. The molecular weight excluding hydrogens is 360 g/mol. The second kappa shape index (κ2) is 7.28. The van der Waals surface area contributed by atoms with Crippen LogP contribution in [0.5, 0.6) is 5.75 Å². The van der Waals surface area contributed by atoms with E-state index in [9.17, 15) is 17.6 Å². The van der Waals surface area contributed by atoms with Crippen LogP contribution in [0.3, 0.4) is 0 Å². The van der Waals surface area contributed by atoms with E-state index in [2.05, 4.69) is 4.98 Å². The van der Waals surface area contributed by atoms with Gasteiger partial charge >= 0.3 is 6.18 Å². The Hall–Kier alpha value is -2.33. The van der Waals surface area contributed by atoms with Crippen LogP contribution in [-0.4, -0.2) is 11.6 Å². The summed E-state index contributed by atoms with van der Waals surface area (Å²) in [4.78, 5) is 3.34. The highest BCUT2D eigenvalue weighted by molar-refractivity contribution is 6.31. The van der Waals surface area contributed by atoms with Crippen molar-refractivity contribution in [1.82, 2.24) is 4.98 Å². The van der Waals surface area contributed by atoms with Gasteiger partial charge in [-0.15, -0.1) is 0 Å². The Labute approximate surface area is 146 Å². The van der Waals surface area contributed by atoms with E-state index in [0.717, 1.165) is 18.3 Å². The van der Waals surface area contributed by atoms with Gasteiger partial charge in [-0.05, 0) is 26.0 Å². The molecule has 3 nitrogen and oxygen atoms in total. The van der Waals surface area contributed by atoms with Gasteiger partial charge in [-0.3, -0.25) is 4.98 Å². The fourth-order valence-corrected chi connectivity index (χ4v) is 2.50. The van der Waals surface area contributed by atoms with Crippen LogP contribution in [0.4, 0.5) is 17.6 Å². The fourth-order valence-electron chi connectivity index (χ4n) is 2.29. The maximum absolute atomic E-state index is 14.6. The van der Waals surface area contributed by atoms with Crippen LogP contribution in [0.15, 0.2) is 24.4 Å². The molecule has 0 aliphatic rings. The van der Waals surface area contributed by atoms with Crippen molar-refractivity contribution in [2.24, 2.45) is 0 Å². The van der Waals surface area contributed by atoms with E-state index in [1.54, 1.807) is 13.8 Å². The monoisotopic (exact) mass is 372 g/mol. The summed E-state index contributed by atoms with van der Waals surface area (Å²) < 4.78 is 58.1. The molecule has 1 heterocycles. The molecule has 1 atom stereocenters. The van der Waals surface area contributed by atoms with Crippen molar-refractivity contribution >= 4 is 11.6 Å². The molecule has 0 aliphatic carbocycles. The van der Waals surface area contributed by atoms with Crippen molar-refractivity contribution in [1.29, 1.82) is 5.26 Å². The molecule has 0 bridgehead atoms. The van der Waals surface area contributed by atoms with Crippen molar-refractivity contribution in [2.45, 2.75) is 25.9 Å². The van der Waals surface area contributed by atoms with Gasteiger partial charge in [-0.1, -0.05) is 17.7 Å². The molecule has 25 heavy (non-hydrogen) atoms. The first-order valence-corrected chi connectivity index (χ1v) is 7.66. The molecule has 8 heteroatoms. The molecule has 1 unspecified atom stereocenters. The number of rotatable bonds is 4. The standard InChI is InChI=1S/C17H13ClF4N2O/c1-3-25-16-11(9(2)7-23)6-12(18)15(19)14(16)10-4-5-13(24-8-10)17(20,21)22/h4-6,8-9H,3H2,1-2H3. The second-order valence-electron chi connectivity index (χ2n) is 5.18. The number of nitriles is 1. The number of benzene rings is 1. The zero-order chi connectivity index (χ0) is 18.8. The molecule has 0 fully saturated rings. The molecule has 1 aromatic heterocycles. The van der Waals surface area contributed by atoms with Crippen LogP contribution >= 0.6 is 11.6 Å². The molecule has 2 aromatic rings. The molecule has 2 rings (SSSR count). The minimum Gasteiger partial charge on any atom is -0.493 e. The molecule has 0 saturated heterocycles. The minimum absolute atomic E-state index is 0.0695. The lowest BCUT2D eigenvalue weighted by atomic mass is 9.95. The number of nitrogens with zero attached hydrogens (tertiary/aromatic N) is 2. The molecular formula is C17H13ClF4N2O. The average molecular weight is 373 g/mol. The quantitative estimate of drug-likeness (QED) is 0.657. The van der Waals surface area contributed by atoms with E-state index < -0.39 is 23.6 Å². The number of aromatic nitrogens is 1. The molecule has 0 spiro atoms. The maximum atomic E-state index is 14.6. The summed E-state index contributed by atoms with van der Waals surface area (Å²) in [5.41, 5.74) is -0.788. The third-order valence-electron chi connectivity index (χ3n) is 3.49. The highest BCUT2D eigenvalue weighted by Crippen LogP contribution is 2.42. The lowest BCUT2D eigenvalue weighted by Crippen LogP contribution is -2.08. The zero-order valence-corrected chi connectivity index (χ0v) is 14.0. The van der Waals surface area contributed by atoms with Gasteiger partial charge in [0.2, 0.25) is 0 Å². The molecule has 0 aliphatic heterocycles. The normalized spacial score (nSPS) is 12.6. The van der Waals surface area contributed by atoms with Crippen LogP contribution in [0.25, 0.3) is 11.1 Å². The van der Waals surface area contributed by atoms with Crippen LogP contribution in [0.2, 0.25) is 5.02 Å². The topological polar surface area (TPSA) is 45.9 Å². The summed E-state index contributed by atoms with van der Waals surface area (Å²) >= 11 is 5.91. The summed E-state index contributed by atoms with van der Waals surface area (Å²) in [6.45, 7) is 3.43. The lowest BCUT2D eigenvalue weighted by Gasteiger charge is -2.18. The number of hydrogen-bond acceptors (Lipinski definition) is 3. The van der Waals surface area contributed by atoms with Crippen molar-refractivity contribution in [3.63, 3.8) is 0 Å². The van der Waals surface area contributed by atoms with Gasteiger partial charge in [-0.25, -0.2) is 4.39 Å². The zero-order valence-electron chi connectivity index (χ0n) is 13.3. The van der Waals surface area contributed by atoms with Gasteiger partial charge in [0.25, 0.3) is 0 Å². The minimum atomic E-state index is -4.60. The van der Waals surface area contributed by atoms with E-state index >= 15 is 0 Å². The van der Waals surface area contributed by atoms with Gasteiger partial charge in [0.15, 0.2) is 5.82 Å². The van der Waals surface area contributed by atoms with E-state index in [-0.39, 0.29) is 28.5 Å². The third-order valence-corrected chi connectivity index (χ3v) is 3.77. The number of pyridine rings is 1. The van der Waals surface area contributed by atoms with Crippen molar-refractivity contribution in [3.05, 3.63) is 46.5 Å². The predicted molar refractivity (Wildman–Crippen MR) is 84.8 cm³/mol. The number of hydrogen-bond donors (Lipinski definition) is 0. The van der Waals surface area contributed by atoms with E-state index in [0.29, 0.717) is 5.56 Å². The van der Waals surface area contributed by atoms with Gasteiger partial charge in [0, 0.05) is 17.3 Å². The lowest BCUT2D eigenvalue weighted by molar-refractivity contribution is -0.141. The average Bonchev–Trinajstić information content (AvgIpc) is 2.57. The first-order valence-electron chi connectivity index (χ1n) is 7.28. The highest BCUT2D eigenvalue weighted by atomic mass is 35.5. The highest BCUT2D eigenvalue weighted by Gasteiger charge is 2.32. The first-order chi connectivity index (χ1) is 11.7. The van der Waals surface area contributed by atoms with Gasteiger partial charge < -0.3 is 4.74 Å². The molecule has 0 amide bonds. The summed E-state index contributed by atoms with van der Waals surface area (Å²) in [5.74, 6) is -1.43. The Morgan fingerprint density at radius 3 is 2.52 bits per heavy atom. The largest absolute Gasteiger partial charge is 0.493 e. The van der Waals surface area contributed by atoms with Gasteiger partial charge in [0.1, 0.15) is 11.4 Å². The Balaban J connectivity index is 2.71. The third kappa shape index (κ3) is 3.85. The smallest absolute Gasteiger partial charge is 0.433 e. The van der Waals surface area contributed by atoms with Crippen LogP contribution in [-0.2, 0) is 6.18 Å². The van der Waals surface area contributed by atoms with E-state index in [4.69, 9.17) is 21.6 Å². The molecule has 0 radical (unpaired) electrons. The van der Waals surface area contributed by atoms with Crippen LogP contribution in [0.1, 0.15) is 31.0 Å². The SMILES string of the molecule is CCOc1c(C(C)C#N)cc(Cl)c(F)c1-c1ccc(C(F)(F)F)nc1. The van der Waals surface area contributed by atoms with Crippen molar-refractivity contribution in [3.8, 4) is 22.9 Å². The predicted octanol–water partition coefficient (Wildman–Crippen LogP) is 5.59. The maximum Gasteiger partial charge on any atom is 0.433 e. The Bertz CT molecular complexity index is 813. The molecule has 1 aromatic carbocycles. The van der Waals surface area contributed by atoms with Crippen LogP contribution in [0, 0.1) is 17.1 Å². The fraction of sp³-hybridized carbons (Fsp3) is 0.294. The Morgan fingerprint density at radius 1 is 1.36 bits per heavy atom. The number of alkyl halides is 3. The van der Waals surface area contributed by atoms with Crippen molar-refractivity contribution in [2.75, 3.05) is 6.61 Å². The van der Waals surface area contributed by atoms with Crippen LogP contribution < -0.4 is 4.74 Å².